The Labute approximate surface area is 140 Å². The second-order valence-electron chi connectivity index (χ2n) is 4.23. The standard InChI is InChI=1S/C15H12BrClFNO3/c1-21-15-10(17)3-2-4-12(15)19-14(20)8-22-13-6-5-9(16)7-11(13)18/h2-7H,8H2,1H3,(H,19,20). The molecule has 0 aliphatic rings. The van der Waals surface area contributed by atoms with Crippen molar-refractivity contribution >= 4 is 39.1 Å². The van der Waals surface area contributed by atoms with Gasteiger partial charge in [-0.05, 0) is 30.3 Å². The van der Waals surface area contributed by atoms with Gasteiger partial charge in [0.25, 0.3) is 5.91 Å². The van der Waals surface area contributed by atoms with Crippen LogP contribution in [0.2, 0.25) is 5.02 Å². The molecule has 0 saturated heterocycles. The van der Waals surface area contributed by atoms with Gasteiger partial charge in [0.15, 0.2) is 23.9 Å². The predicted molar refractivity (Wildman–Crippen MR) is 86.2 cm³/mol. The summed E-state index contributed by atoms with van der Waals surface area (Å²) in [5.74, 6) is -0.658. The summed E-state index contributed by atoms with van der Waals surface area (Å²) in [5, 5.41) is 2.97. The average Bonchev–Trinajstić information content (AvgIpc) is 2.46. The van der Waals surface area contributed by atoms with Crippen molar-refractivity contribution in [1.82, 2.24) is 0 Å². The molecule has 1 amide bonds. The highest BCUT2D eigenvalue weighted by atomic mass is 79.9. The first-order chi connectivity index (χ1) is 10.5. The summed E-state index contributed by atoms with van der Waals surface area (Å²) in [7, 11) is 1.45. The number of halogens is 3. The molecule has 0 unspecified atom stereocenters. The molecule has 0 aromatic heterocycles. The molecular weight excluding hydrogens is 377 g/mol. The van der Waals surface area contributed by atoms with Gasteiger partial charge in [-0.1, -0.05) is 33.6 Å². The quantitative estimate of drug-likeness (QED) is 0.832. The summed E-state index contributed by atoms with van der Waals surface area (Å²) >= 11 is 9.10. The van der Waals surface area contributed by atoms with E-state index in [1.165, 1.54) is 19.2 Å². The number of ether oxygens (including phenoxy) is 2. The third kappa shape index (κ3) is 4.11. The molecule has 7 heteroatoms. The van der Waals surface area contributed by atoms with E-state index >= 15 is 0 Å². The Morgan fingerprint density at radius 3 is 2.82 bits per heavy atom. The van der Waals surface area contributed by atoms with Gasteiger partial charge in [0.2, 0.25) is 0 Å². The molecule has 2 aromatic rings. The van der Waals surface area contributed by atoms with Crippen LogP contribution in [-0.2, 0) is 4.79 Å². The van der Waals surface area contributed by atoms with Gasteiger partial charge >= 0.3 is 0 Å². The number of nitrogens with one attached hydrogen (secondary N) is 1. The zero-order chi connectivity index (χ0) is 16.1. The van der Waals surface area contributed by atoms with Crippen molar-refractivity contribution in [3.8, 4) is 11.5 Å². The summed E-state index contributed by atoms with van der Waals surface area (Å²) < 4.78 is 24.4. The van der Waals surface area contributed by atoms with Gasteiger partial charge in [-0.2, -0.15) is 0 Å². The molecule has 0 spiro atoms. The van der Waals surface area contributed by atoms with Crippen LogP contribution in [0.4, 0.5) is 10.1 Å². The van der Waals surface area contributed by atoms with Gasteiger partial charge in [-0.3, -0.25) is 4.79 Å². The lowest BCUT2D eigenvalue weighted by atomic mass is 10.3. The first-order valence-corrected chi connectivity index (χ1v) is 7.38. The number of para-hydroxylation sites is 1. The number of benzene rings is 2. The highest BCUT2D eigenvalue weighted by Crippen LogP contribution is 2.32. The molecule has 0 bridgehead atoms. The molecular formula is C15H12BrClFNO3. The number of methoxy groups -OCH3 is 1. The minimum Gasteiger partial charge on any atom is -0.493 e. The zero-order valence-corrected chi connectivity index (χ0v) is 13.9. The van der Waals surface area contributed by atoms with Crippen LogP contribution in [0.1, 0.15) is 0 Å². The van der Waals surface area contributed by atoms with Gasteiger partial charge in [-0.25, -0.2) is 4.39 Å². The summed E-state index contributed by atoms with van der Waals surface area (Å²) in [6, 6.07) is 9.28. The molecule has 116 valence electrons. The number of amides is 1. The fraction of sp³-hybridized carbons (Fsp3) is 0.133. The van der Waals surface area contributed by atoms with E-state index in [0.717, 1.165) is 0 Å². The number of hydrogen-bond donors (Lipinski definition) is 1. The van der Waals surface area contributed by atoms with E-state index in [9.17, 15) is 9.18 Å². The van der Waals surface area contributed by atoms with Crippen molar-refractivity contribution in [2.75, 3.05) is 19.0 Å². The third-order valence-electron chi connectivity index (χ3n) is 2.70. The summed E-state index contributed by atoms with van der Waals surface area (Å²) in [5.41, 5.74) is 0.417. The fourth-order valence-corrected chi connectivity index (χ4v) is 2.32. The monoisotopic (exact) mass is 387 g/mol. The van der Waals surface area contributed by atoms with E-state index in [2.05, 4.69) is 21.2 Å². The zero-order valence-electron chi connectivity index (χ0n) is 11.5. The SMILES string of the molecule is COc1c(Cl)cccc1NC(=O)COc1ccc(Br)cc1F. The first kappa shape index (κ1) is 16.6. The lowest BCUT2D eigenvalue weighted by Gasteiger charge is -2.12. The molecule has 22 heavy (non-hydrogen) atoms. The Bertz CT molecular complexity index is 696. The van der Waals surface area contributed by atoms with Crippen LogP contribution in [0.25, 0.3) is 0 Å². The Kier molecular flexibility index (Phi) is 5.63. The van der Waals surface area contributed by atoms with Crippen molar-refractivity contribution < 1.29 is 18.7 Å². The van der Waals surface area contributed by atoms with Crippen LogP contribution in [-0.4, -0.2) is 19.6 Å². The Balaban J connectivity index is 2.00. The number of hydrogen-bond acceptors (Lipinski definition) is 3. The van der Waals surface area contributed by atoms with E-state index in [-0.39, 0.29) is 12.4 Å². The van der Waals surface area contributed by atoms with Gasteiger partial charge in [0.05, 0.1) is 17.8 Å². The van der Waals surface area contributed by atoms with Gasteiger partial charge in [0.1, 0.15) is 0 Å². The summed E-state index contributed by atoms with van der Waals surface area (Å²) in [6.07, 6.45) is 0. The van der Waals surface area contributed by atoms with E-state index in [1.807, 2.05) is 0 Å². The maximum absolute atomic E-state index is 13.6. The highest BCUT2D eigenvalue weighted by Gasteiger charge is 2.12. The molecule has 2 rings (SSSR count). The number of carbonyl (C=O) groups excluding carboxylic acids is 1. The fourth-order valence-electron chi connectivity index (χ4n) is 1.74. The van der Waals surface area contributed by atoms with Crippen molar-refractivity contribution in [1.29, 1.82) is 0 Å². The maximum Gasteiger partial charge on any atom is 0.262 e. The average molecular weight is 389 g/mol. The Hall–Kier alpha value is -1.79. The molecule has 0 fully saturated rings. The number of rotatable bonds is 5. The lowest BCUT2D eigenvalue weighted by Crippen LogP contribution is -2.20. The summed E-state index contributed by atoms with van der Waals surface area (Å²) in [6.45, 7) is -0.339. The molecule has 0 aliphatic carbocycles. The largest absolute Gasteiger partial charge is 0.493 e. The van der Waals surface area contributed by atoms with Crippen LogP contribution in [0.15, 0.2) is 40.9 Å². The smallest absolute Gasteiger partial charge is 0.262 e. The molecule has 4 nitrogen and oxygen atoms in total. The highest BCUT2D eigenvalue weighted by molar-refractivity contribution is 9.10. The molecule has 0 aliphatic heterocycles. The van der Waals surface area contributed by atoms with Crippen molar-refractivity contribution in [2.24, 2.45) is 0 Å². The van der Waals surface area contributed by atoms with E-state index in [1.54, 1.807) is 24.3 Å². The topological polar surface area (TPSA) is 47.6 Å². The van der Waals surface area contributed by atoms with Crippen LogP contribution in [0.5, 0.6) is 11.5 Å². The van der Waals surface area contributed by atoms with Crippen LogP contribution >= 0.6 is 27.5 Å². The van der Waals surface area contributed by atoms with E-state index < -0.39 is 11.7 Å². The second kappa shape index (κ2) is 7.47. The maximum atomic E-state index is 13.6. The predicted octanol–water partition coefficient (Wildman–Crippen LogP) is 4.27. The Morgan fingerprint density at radius 1 is 1.36 bits per heavy atom. The molecule has 0 heterocycles. The number of anilines is 1. The third-order valence-corrected chi connectivity index (χ3v) is 3.49. The molecule has 1 N–H and O–H groups in total. The van der Waals surface area contributed by atoms with E-state index in [4.69, 9.17) is 21.1 Å². The minimum atomic E-state index is -0.553. The van der Waals surface area contributed by atoms with Crippen molar-refractivity contribution in [3.63, 3.8) is 0 Å². The minimum absolute atomic E-state index is 0.00332. The van der Waals surface area contributed by atoms with Crippen molar-refractivity contribution in [3.05, 3.63) is 51.7 Å². The Morgan fingerprint density at radius 2 is 2.14 bits per heavy atom. The summed E-state index contributed by atoms with van der Waals surface area (Å²) in [4.78, 5) is 11.9. The van der Waals surface area contributed by atoms with Crippen LogP contribution in [0.3, 0.4) is 0 Å². The molecule has 0 saturated carbocycles. The first-order valence-electron chi connectivity index (χ1n) is 6.21. The normalized spacial score (nSPS) is 10.2. The molecule has 0 radical (unpaired) electrons. The van der Waals surface area contributed by atoms with Crippen LogP contribution in [0, 0.1) is 5.82 Å². The molecule has 0 atom stereocenters. The van der Waals surface area contributed by atoms with E-state index in [0.29, 0.717) is 20.9 Å². The van der Waals surface area contributed by atoms with Crippen LogP contribution < -0.4 is 14.8 Å². The van der Waals surface area contributed by atoms with Gasteiger partial charge < -0.3 is 14.8 Å². The lowest BCUT2D eigenvalue weighted by molar-refractivity contribution is -0.118. The molecule has 2 aromatic carbocycles. The van der Waals surface area contributed by atoms with Crippen molar-refractivity contribution in [2.45, 2.75) is 0 Å². The number of carbonyl (C=O) groups is 1. The van der Waals surface area contributed by atoms with Gasteiger partial charge in [-0.15, -0.1) is 0 Å². The van der Waals surface area contributed by atoms with Gasteiger partial charge in [0, 0.05) is 4.47 Å². The second-order valence-corrected chi connectivity index (χ2v) is 5.56.